The van der Waals surface area contributed by atoms with Crippen molar-refractivity contribution < 1.29 is 23.9 Å². The molecule has 0 N–H and O–H groups in total. The van der Waals surface area contributed by atoms with E-state index in [0.29, 0.717) is 43.3 Å². The van der Waals surface area contributed by atoms with E-state index >= 15 is 0 Å². The largest absolute Gasteiger partial charge is 0.482 e. The Bertz CT molecular complexity index is 974. The number of piperidine rings is 1. The Balaban J connectivity index is 1.46. The average molecular weight is 473 g/mol. The SMILES string of the molecule is CCOC(=O)C1CCN(C(=O)CN(C)C(=O)COc2ccc(-c3ccccc3)cc2Cl)CC1. The normalized spacial score (nSPS) is 14.0. The highest BCUT2D eigenvalue weighted by atomic mass is 35.5. The van der Waals surface area contributed by atoms with Gasteiger partial charge < -0.3 is 19.3 Å². The van der Waals surface area contributed by atoms with E-state index in [1.165, 1.54) is 4.90 Å². The van der Waals surface area contributed by atoms with Gasteiger partial charge in [0.2, 0.25) is 5.91 Å². The number of carbonyl (C=O) groups is 3. The van der Waals surface area contributed by atoms with Gasteiger partial charge in [-0.2, -0.15) is 0 Å². The van der Waals surface area contributed by atoms with Crippen molar-refractivity contribution in [2.75, 3.05) is 39.9 Å². The first-order valence-corrected chi connectivity index (χ1v) is 11.4. The standard InChI is InChI=1S/C25H29ClN2O5/c1-3-32-25(31)19-11-13-28(14-12-19)23(29)16-27(2)24(30)17-33-22-10-9-20(15-21(22)26)18-7-5-4-6-8-18/h4-10,15,19H,3,11-14,16-17H2,1-2H3. The number of nitrogens with zero attached hydrogens (tertiary/aromatic N) is 2. The quantitative estimate of drug-likeness (QED) is 0.548. The zero-order valence-electron chi connectivity index (χ0n) is 19.0. The van der Waals surface area contributed by atoms with E-state index in [0.717, 1.165) is 11.1 Å². The fourth-order valence-electron chi connectivity index (χ4n) is 3.69. The summed E-state index contributed by atoms with van der Waals surface area (Å²) in [6, 6.07) is 15.2. The van der Waals surface area contributed by atoms with Crippen molar-refractivity contribution >= 4 is 29.4 Å². The highest BCUT2D eigenvalue weighted by Crippen LogP contribution is 2.30. The Morgan fingerprint density at radius 2 is 1.76 bits per heavy atom. The molecule has 1 saturated heterocycles. The molecule has 7 nitrogen and oxygen atoms in total. The lowest BCUT2D eigenvalue weighted by atomic mass is 9.97. The van der Waals surface area contributed by atoms with Crippen LogP contribution in [0.4, 0.5) is 0 Å². The van der Waals surface area contributed by atoms with E-state index < -0.39 is 0 Å². The smallest absolute Gasteiger partial charge is 0.309 e. The molecule has 3 rings (SSSR count). The maximum atomic E-state index is 12.6. The summed E-state index contributed by atoms with van der Waals surface area (Å²) in [4.78, 5) is 39.9. The average Bonchev–Trinajstić information content (AvgIpc) is 2.83. The fourth-order valence-corrected chi connectivity index (χ4v) is 3.93. The molecule has 0 spiro atoms. The molecule has 0 aliphatic carbocycles. The summed E-state index contributed by atoms with van der Waals surface area (Å²) in [6.45, 7) is 2.82. The summed E-state index contributed by atoms with van der Waals surface area (Å²) in [5, 5.41) is 0.410. The summed E-state index contributed by atoms with van der Waals surface area (Å²) < 4.78 is 10.7. The molecule has 2 aromatic rings. The van der Waals surface area contributed by atoms with Crippen LogP contribution in [0, 0.1) is 5.92 Å². The minimum Gasteiger partial charge on any atom is -0.482 e. The van der Waals surface area contributed by atoms with Crippen LogP contribution in [-0.4, -0.2) is 67.5 Å². The molecule has 0 bridgehead atoms. The monoisotopic (exact) mass is 472 g/mol. The van der Waals surface area contributed by atoms with E-state index in [4.69, 9.17) is 21.1 Å². The Labute approximate surface area is 199 Å². The zero-order valence-corrected chi connectivity index (χ0v) is 19.7. The van der Waals surface area contributed by atoms with Crippen molar-refractivity contribution in [1.82, 2.24) is 9.80 Å². The highest BCUT2D eigenvalue weighted by Gasteiger charge is 2.29. The number of ether oxygens (including phenoxy) is 2. The zero-order chi connectivity index (χ0) is 23.8. The summed E-state index contributed by atoms with van der Waals surface area (Å²) in [7, 11) is 1.56. The predicted molar refractivity (Wildman–Crippen MR) is 126 cm³/mol. The molecule has 2 amide bonds. The van der Waals surface area contributed by atoms with Crippen LogP contribution >= 0.6 is 11.6 Å². The fraction of sp³-hybridized carbons (Fsp3) is 0.400. The van der Waals surface area contributed by atoms with Crippen molar-refractivity contribution in [1.29, 1.82) is 0 Å². The van der Waals surface area contributed by atoms with Crippen LogP contribution < -0.4 is 4.74 Å². The topological polar surface area (TPSA) is 76.2 Å². The predicted octanol–water partition coefficient (Wildman–Crippen LogP) is 3.65. The second-order valence-electron chi connectivity index (χ2n) is 7.96. The maximum Gasteiger partial charge on any atom is 0.309 e. The van der Waals surface area contributed by atoms with Crippen LogP contribution in [0.25, 0.3) is 11.1 Å². The molecule has 1 heterocycles. The highest BCUT2D eigenvalue weighted by molar-refractivity contribution is 6.32. The first-order chi connectivity index (χ1) is 15.9. The number of amides is 2. The number of carbonyl (C=O) groups excluding carboxylic acids is 3. The molecule has 1 aliphatic rings. The number of esters is 1. The molecule has 0 aromatic heterocycles. The van der Waals surface area contributed by atoms with Crippen LogP contribution in [0.15, 0.2) is 48.5 Å². The third-order valence-electron chi connectivity index (χ3n) is 5.66. The van der Waals surface area contributed by atoms with Crippen LogP contribution in [0.5, 0.6) is 5.75 Å². The Kier molecular flexibility index (Phi) is 8.72. The van der Waals surface area contributed by atoms with Gasteiger partial charge in [-0.25, -0.2) is 0 Å². The van der Waals surface area contributed by atoms with Gasteiger partial charge in [-0.3, -0.25) is 14.4 Å². The first-order valence-electron chi connectivity index (χ1n) is 11.0. The van der Waals surface area contributed by atoms with E-state index in [1.807, 2.05) is 36.4 Å². The van der Waals surface area contributed by atoms with Gasteiger partial charge in [-0.05, 0) is 43.0 Å². The van der Waals surface area contributed by atoms with Gasteiger partial charge in [0.05, 0.1) is 24.1 Å². The Morgan fingerprint density at radius 3 is 2.39 bits per heavy atom. The van der Waals surface area contributed by atoms with Gasteiger partial charge in [0.25, 0.3) is 5.91 Å². The van der Waals surface area contributed by atoms with Gasteiger partial charge in [0, 0.05) is 20.1 Å². The van der Waals surface area contributed by atoms with E-state index in [2.05, 4.69) is 0 Å². The van der Waals surface area contributed by atoms with E-state index in [1.54, 1.807) is 31.0 Å². The van der Waals surface area contributed by atoms with Gasteiger partial charge in [0.15, 0.2) is 6.61 Å². The molecule has 8 heteroatoms. The first kappa shape index (κ1) is 24.6. The number of halogens is 1. The van der Waals surface area contributed by atoms with Crippen molar-refractivity contribution in [3.63, 3.8) is 0 Å². The molecule has 33 heavy (non-hydrogen) atoms. The van der Waals surface area contributed by atoms with Crippen LogP contribution in [0.2, 0.25) is 5.02 Å². The van der Waals surface area contributed by atoms with Gasteiger partial charge in [-0.15, -0.1) is 0 Å². The molecular formula is C25H29ClN2O5. The molecule has 0 unspecified atom stereocenters. The van der Waals surface area contributed by atoms with Gasteiger partial charge in [-0.1, -0.05) is 48.0 Å². The summed E-state index contributed by atoms with van der Waals surface area (Å²) >= 11 is 6.34. The Hall–Kier alpha value is -3.06. The van der Waals surface area contributed by atoms with Crippen molar-refractivity contribution in [3.8, 4) is 16.9 Å². The van der Waals surface area contributed by atoms with E-state index in [-0.39, 0.29) is 36.9 Å². The number of rotatable bonds is 8. The molecule has 0 saturated carbocycles. The molecule has 2 aromatic carbocycles. The summed E-state index contributed by atoms with van der Waals surface area (Å²) in [5.74, 6) is -0.443. The maximum absolute atomic E-state index is 12.6. The number of hydrogen-bond acceptors (Lipinski definition) is 5. The van der Waals surface area contributed by atoms with Gasteiger partial charge in [0.1, 0.15) is 5.75 Å². The van der Waals surface area contributed by atoms with Crippen LogP contribution in [0.1, 0.15) is 19.8 Å². The van der Waals surface area contributed by atoms with Crippen molar-refractivity contribution in [2.45, 2.75) is 19.8 Å². The molecule has 0 atom stereocenters. The third kappa shape index (κ3) is 6.71. The van der Waals surface area contributed by atoms with Crippen molar-refractivity contribution in [3.05, 3.63) is 53.6 Å². The number of likely N-dealkylation sites (tertiary alicyclic amines) is 1. The van der Waals surface area contributed by atoms with Gasteiger partial charge >= 0.3 is 5.97 Å². The lowest BCUT2D eigenvalue weighted by Gasteiger charge is -2.32. The van der Waals surface area contributed by atoms with Crippen molar-refractivity contribution in [2.24, 2.45) is 5.92 Å². The molecule has 0 radical (unpaired) electrons. The van der Waals surface area contributed by atoms with Crippen LogP contribution in [-0.2, 0) is 19.1 Å². The minimum absolute atomic E-state index is 0.0487. The number of likely N-dealkylation sites (N-methyl/N-ethyl adjacent to an activating group) is 1. The second-order valence-corrected chi connectivity index (χ2v) is 8.36. The lowest BCUT2D eigenvalue weighted by molar-refractivity contribution is -0.151. The lowest BCUT2D eigenvalue weighted by Crippen LogP contribution is -2.46. The molecule has 1 aliphatic heterocycles. The minimum atomic E-state index is -0.326. The molecule has 1 fully saturated rings. The number of hydrogen-bond donors (Lipinski definition) is 0. The van der Waals surface area contributed by atoms with E-state index in [9.17, 15) is 14.4 Å². The molecular weight excluding hydrogens is 444 g/mol. The summed E-state index contributed by atoms with van der Waals surface area (Å²) in [5.41, 5.74) is 1.99. The third-order valence-corrected chi connectivity index (χ3v) is 5.95. The Morgan fingerprint density at radius 1 is 1.06 bits per heavy atom. The van der Waals surface area contributed by atoms with Crippen LogP contribution in [0.3, 0.4) is 0 Å². The summed E-state index contributed by atoms with van der Waals surface area (Å²) in [6.07, 6.45) is 1.14. The number of benzene rings is 2. The second kappa shape index (κ2) is 11.7. The molecule has 176 valence electrons.